The predicted octanol–water partition coefficient (Wildman–Crippen LogP) is 6.18. The highest BCUT2D eigenvalue weighted by Gasteiger charge is 2.37. The molecule has 0 unspecified atom stereocenters. The highest BCUT2D eigenvalue weighted by molar-refractivity contribution is 9.15. The summed E-state index contributed by atoms with van der Waals surface area (Å²) >= 11 is 13.7. The first kappa shape index (κ1) is 29.9. The van der Waals surface area contributed by atoms with Crippen LogP contribution in [-0.2, 0) is 28.4 Å². The molecule has 36 heavy (non-hydrogen) atoms. The van der Waals surface area contributed by atoms with Crippen LogP contribution >= 0.6 is 63.7 Å². The van der Waals surface area contributed by atoms with Gasteiger partial charge in [0.25, 0.3) is 0 Å². The van der Waals surface area contributed by atoms with Gasteiger partial charge in [0.2, 0.25) is 0 Å². The van der Waals surface area contributed by atoms with Crippen molar-refractivity contribution in [2.75, 3.05) is 39.6 Å². The van der Waals surface area contributed by atoms with Crippen LogP contribution in [0.15, 0.2) is 43.2 Å². The number of ether oxygens (including phenoxy) is 6. The minimum absolute atomic E-state index is 0.0130. The zero-order valence-electron chi connectivity index (χ0n) is 19.7. The van der Waals surface area contributed by atoms with Gasteiger partial charge in [0, 0.05) is 28.7 Å². The molecule has 0 amide bonds. The van der Waals surface area contributed by atoms with Gasteiger partial charge in [-0.2, -0.15) is 0 Å². The van der Waals surface area contributed by atoms with E-state index in [-0.39, 0.29) is 24.3 Å². The van der Waals surface area contributed by atoms with Crippen LogP contribution in [0.3, 0.4) is 0 Å². The molecule has 8 nitrogen and oxygen atoms in total. The van der Waals surface area contributed by atoms with Crippen molar-refractivity contribution in [3.05, 3.63) is 54.3 Å². The molecule has 2 heterocycles. The second-order valence-corrected chi connectivity index (χ2v) is 12.4. The second kappa shape index (κ2) is 12.5. The van der Waals surface area contributed by atoms with E-state index in [2.05, 4.69) is 76.9 Å². The molecular weight excluding hydrogens is 736 g/mol. The van der Waals surface area contributed by atoms with Crippen LogP contribution in [0, 0.1) is 10.8 Å². The summed E-state index contributed by atoms with van der Waals surface area (Å²) in [4.78, 5) is 26.6. The van der Waals surface area contributed by atoms with E-state index in [0.29, 0.717) is 44.3 Å². The van der Waals surface area contributed by atoms with Crippen molar-refractivity contribution in [1.29, 1.82) is 0 Å². The monoisotopic (exact) mass is 758 g/mol. The van der Waals surface area contributed by atoms with Crippen molar-refractivity contribution in [3.63, 3.8) is 0 Å². The van der Waals surface area contributed by atoms with E-state index < -0.39 is 35.3 Å². The molecule has 0 aliphatic carbocycles. The Morgan fingerprint density at radius 1 is 0.750 bits per heavy atom. The van der Waals surface area contributed by atoms with E-state index in [4.69, 9.17) is 28.4 Å². The molecule has 0 saturated carbocycles. The van der Waals surface area contributed by atoms with Crippen molar-refractivity contribution < 1.29 is 38.0 Å². The zero-order valence-corrected chi connectivity index (χ0v) is 26.1. The van der Waals surface area contributed by atoms with Crippen LogP contribution in [0.2, 0.25) is 0 Å². The molecule has 2 saturated heterocycles. The van der Waals surface area contributed by atoms with Gasteiger partial charge in [-0.3, -0.25) is 0 Å². The van der Waals surface area contributed by atoms with E-state index in [0.717, 1.165) is 0 Å². The van der Waals surface area contributed by atoms with E-state index in [1.54, 1.807) is 12.2 Å². The van der Waals surface area contributed by atoms with Crippen molar-refractivity contribution in [2.45, 2.75) is 26.4 Å². The Hall–Kier alpha value is -0.600. The van der Waals surface area contributed by atoms with Gasteiger partial charge in [0.05, 0.1) is 37.6 Å². The maximum atomic E-state index is 13.3. The lowest BCUT2D eigenvalue weighted by molar-refractivity contribution is -0.210. The molecule has 2 aliphatic rings. The molecule has 198 valence electrons. The lowest BCUT2D eigenvalue weighted by Gasteiger charge is -2.36. The van der Waals surface area contributed by atoms with E-state index in [1.165, 1.54) is 0 Å². The summed E-state index contributed by atoms with van der Waals surface area (Å²) in [6, 6.07) is 0. The van der Waals surface area contributed by atoms with E-state index in [1.807, 2.05) is 13.8 Å². The van der Waals surface area contributed by atoms with Crippen molar-refractivity contribution >= 4 is 75.7 Å². The van der Waals surface area contributed by atoms with E-state index in [9.17, 15) is 9.59 Å². The summed E-state index contributed by atoms with van der Waals surface area (Å²) in [5.74, 6) is -1.42. The SMILES string of the molecule is C=CC1OCC(C)(COC(=O)c2c(Br)c(Br)c(Br)c(Br)c2C(=O)OCC2(C)COC(C=C)OC2)CO1. The number of carbonyl (C=O) groups is 2. The number of rotatable bonds is 8. The summed E-state index contributed by atoms with van der Waals surface area (Å²) < 4.78 is 35.3. The fourth-order valence-electron chi connectivity index (χ4n) is 3.39. The third-order valence-corrected chi connectivity index (χ3v) is 10.3. The molecule has 1 aromatic rings. The van der Waals surface area contributed by atoms with Crippen LogP contribution in [0.5, 0.6) is 0 Å². The molecule has 3 rings (SSSR count). The lowest BCUT2D eigenvalue weighted by atomic mass is 9.93. The minimum Gasteiger partial charge on any atom is -0.461 e. The van der Waals surface area contributed by atoms with Crippen LogP contribution in [-0.4, -0.2) is 64.2 Å². The standard InChI is InChI=1S/C24H26Br4O8/c1-5-13-31-7-23(3,8-32-13)11-35-21(29)15-16(18(26)20(28)19(27)17(15)25)22(30)36-12-24(4)9-33-14(6-2)34-10-24/h5-6,13-14H,1-2,7-12H2,3-4H3. The third kappa shape index (κ3) is 6.88. The van der Waals surface area contributed by atoms with Gasteiger partial charge in [-0.15, -0.1) is 0 Å². The Balaban J connectivity index is 1.78. The molecule has 0 radical (unpaired) electrons. The largest absolute Gasteiger partial charge is 0.461 e. The van der Waals surface area contributed by atoms with Crippen molar-refractivity contribution in [2.24, 2.45) is 10.8 Å². The molecule has 12 heteroatoms. The molecule has 0 spiro atoms. The maximum Gasteiger partial charge on any atom is 0.340 e. The first-order valence-corrected chi connectivity index (χ1v) is 14.0. The van der Waals surface area contributed by atoms with Crippen molar-refractivity contribution in [1.82, 2.24) is 0 Å². The third-order valence-electron chi connectivity index (χ3n) is 5.55. The Kier molecular flexibility index (Phi) is 10.4. The smallest absolute Gasteiger partial charge is 0.340 e. The molecular formula is C24H26Br4O8. The van der Waals surface area contributed by atoms with Gasteiger partial charge in [0.15, 0.2) is 12.6 Å². The fraction of sp³-hybridized carbons (Fsp3) is 0.500. The number of esters is 2. The Bertz CT molecular complexity index is 947. The van der Waals surface area contributed by atoms with E-state index >= 15 is 0 Å². The van der Waals surface area contributed by atoms with Gasteiger partial charge in [-0.1, -0.05) is 27.0 Å². The predicted molar refractivity (Wildman–Crippen MR) is 146 cm³/mol. The topological polar surface area (TPSA) is 89.5 Å². The van der Waals surface area contributed by atoms with Gasteiger partial charge in [-0.05, 0) is 75.9 Å². The van der Waals surface area contributed by atoms with Crippen LogP contribution in [0.4, 0.5) is 0 Å². The summed E-state index contributed by atoms with van der Waals surface area (Å²) in [5.41, 5.74) is -1.10. The maximum absolute atomic E-state index is 13.3. The fourth-order valence-corrected chi connectivity index (χ4v) is 5.83. The number of halogens is 4. The molecule has 2 aliphatic heterocycles. The summed E-state index contributed by atoms with van der Waals surface area (Å²) in [7, 11) is 0. The Morgan fingerprint density at radius 2 is 1.06 bits per heavy atom. The van der Waals surface area contributed by atoms with Crippen LogP contribution < -0.4 is 0 Å². The first-order valence-electron chi connectivity index (χ1n) is 10.9. The van der Waals surface area contributed by atoms with Crippen molar-refractivity contribution in [3.8, 4) is 0 Å². The number of hydrogen-bond acceptors (Lipinski definition) is 8. The number of benzene rings is 1. The molecule has 2 fully saturated rings. The summed E-state index contributed by atoms with van der Waals surface area (Å²) in [6.07, 6.45) is 2.13. The summed E-state index contributed by atoms with van der Waals surface area (Å²) in [6.45, 7) is 12.3. The number of carbonyl (C=O) groups excluding carboxylic acids is 2. The molecule has 0 N–H and O–H groups in total. The average molecular weight is 762 g/mol. The highest BCUT2D eigenvalue weighted by Crippen LogP contribution is 2.43. The first-order chi connectivity index (χ1) is 16.9. The lowest BCUT2D eigenvalue weighted by Crippen LogP contribution is -2.43. The van der Waals surface area contributed by atoms with Crippen LogP contribution in [0.1, 0.15) is 34.6 Å². The molecule has 0 bridgehead atoms. The van der Waals surface area contributed by atoms with Gasteiger partial charge in [0.1, 0.15) is 13.2 Å². The Morgan fingerprint density at radius 3 is 1.33 bits per heavy atom. The number of hydrogen-bond donors (Lipinski definition) is 0. The van der Waals surface area contributed by atoms with Gasteiger partial charge < -0.3 is 28.4 Å². The quantitative estimate of drug-likeness (QED) is 0.134. The minimum atomic E-state index is -0.709. The normalized spacial score (nSPS) is 28.3. The van der Waals surface area contributed by atoms with Gasteiger partial charge in [-0.25, -0.2) is 9.59 Å². The zero-order chi connectivity index (χ0) is 26.7. The Labute approximate surface area is 243 Å². The molecule has 0 atom stereocenters. The highest BCUT2D eigenvalue weighted by atomic mass is 79.9. The second-order valence-electron chi connectivity index (χ2n) is 9.23. The molecule has 1 aromatic carbocycles. The average Bonchev–Trinajstić information content (AvgIpc) is 2.87. The van der Waals surface area contributed by atoms with Crippen LogP contribution in [0.25, 0.3) is 0 Å². The summed E-state index contributed by atoms with van der Waals surface area (Å²) in [5, 5.41) is 0. The molecule has 0 aromatic heterocycles. The van der Waals surface area contributed by atoms with Gasteiger partial charge >= 0.3 is 11.9 Å².